The molecule has 9 heteroatoms. The second kappa shape index (κ2) is 9.20. The summed E-state index contributed by atoms with van der Waals surface area (Å²) in [7, 11) is 1.37. The summed E-state index contributed by atoms with van der Waals surface area (Å²) in [5.74, 6) is 0.807. The zero-order chi connectivity index (χ0) is 20.1. The topological polar surface area (TPSA) is 89.9 Å². The fourth-order valence-electron chi connectivity index (χ4n) is 2.94. The maximum absolute atomic E-state index is 12.7. The van der Waals surface area contributed by atoms with Gasteiger partial charge in [-0.2, -0.15) is 0 Å². The number of methoxy groups -OCH3 is 1. The molecule has 0 aromatic carbocycles. The van der Waals surface area contributed by atoms with E-state index in [-0.39, 0.29) is 23.9 Å². The Morgan fingerprint density at radius 2 is 2.18 bits per heavy atom. The van der Waals surface area contributed by atoms with Crippen molar-refractivity contribution in [1.29, 1.82) is 0 Å². The van der Waals surface area contributed by atoms with Crippen LogP contribution in [0, 0.1) is 13.8 Å². The maximum atomic E-state index is 12.7. The molecule has 0 saturated carbocycles. The molecule has 7 nitrogen and oxygen atoms in total. The van der Waals surface area contributed by atoms with Crippen LogP contribution in [0.3, 0.4) is 0 Å². The number of thioether (sulfide) groups is 1. The van der Waals surface area contributed by atoms with Gasteiger partial charge in [0.15, 0.2) is 5.78 Å². The molecule has 3 rings (SSSR count). The van der Waals surface area contributed by atoms with Crippen LogP contribution in [0.15, 0.2) is 28.7 Å². The highest BCUT2D eigenvalue weighted by molar-refractivity contribution is 7.99. The second-order valence-corrected chi connectivity index (χ2v) is 8.27. The monoisotopic (exact) mass is 418 g/mol. The molecule has 0 saturated heterocycles. The van der Waals surface area contributed by atoms with Gasteiger partial charge >= 0.3 is 5.97 Å². The van der Waals surface area contributed by atoms with Gasteiger partial charge in [-0.05, 0) is 31.4 Å². The lowest BCUT2D eigenvalue weighted by atomic mass is 10.2. The van der Waals surface area contributed by atoms with Gasteiger partial charge in [0.25, 0.3) is 0 Å². The molecule has 0 fully saturated rings. The third-order valence-electron chi connectivity index (χ3n) is 4.41. The van der Waals surface area contributed by atoms with Crippen molar-refractivity contribution in [2.75, 3.05) is 12.9 Å². The molecule has 1 N–H and O–H groups in total. The van der Waals surface area contributed by atoms with Crippen LogP contribution in [0.2, 0.25) is 0 Å². The minimum absolute atomic E-state index is 0.0204. The number of hydrogen-bond donors (Lipinski definition) is 1. The SMILES string of the molecule is COC(=O)CCn1c(C)cc(C(=O)CSc2n[nH]c(Cc3cccs3)n2)c1C. The van der Waals surface area contributed by atoms with E-state index in [0.717, 1.165) is 17.2 Å². The number of thiophene rings is 1. The Balaban J connectivity index is 1.59. The van der Waals surface area contributed by atoms with Crippen molar-refractivity contribution in [1.82, 2.24) is 19.7 Å². The van der Waals surface area contributed by atoms with E-state index < -0.39 is 0 Å². The summed E-state index contributed by atoms with van der Waals surface area (Å²) in [4.78, 5) is 29.7. The molecule has 0 aliphatic carbocycles. The first-order valence-electron chi connectivity index (χ1n) is 8.81. The van der Waals surface area contributed by atoms with Gasteiger partial charge in [0.1, 0.15) is 5.82 Å². The Bertz CT molecular complexity index is 960. The molecule has 3 aromatic rings. The quantitative estimate of drug-likeness (QED) is 0.325. The van der Waals surface area contributed by atoms with Gasteiger partial charge in [-0.15, -0.1) is 16.4 Å². The summed E-state index contributed by atoms with van der Waals surface area (Å²) in [6.07, 6.45) is 0.986. The Kier molecular flexibility index (Phi) is 6.69. The molecular formula is C19H22N4O3S2. The summed E-state index contributed by atoms with van der Waals surface area (Å²) >= 11 is 2.99. The molecule has 0 aliphatic rings. The van der Waals surface area contributed by atoms with Crippen LogP contribution in [0.4, 0.5) is 0 Å². The minimum atomic E-state index is -0.265. The molecule has 148 valence electrons. The van der Waals surface area contributed by atoms with E-state index in [1.807, 2.05) is 35.9 Å². The number of nitrogens with one attached hydrogen (secondary N) is 1. The lowest BCUT2D eigenvalue weighted by Gasteiger charge is -2.08. The number of aromatic nitrogens is 4. The standard InChI is InChI=1S/C19H22N4O3S2/c1-12-9-15(13(2)23(12)7-6-18(25)26-3)16(24)11-28-19-20-17(21-22-19)10-14-5-4-8-27-14/h4-5,8-9H,6-7,10-11H2,1-3H3,(H,20,21,22). The number of H-pyrrole nitrogens is 1. The third-order valence-corrected chi connectivity index (χ3v) is 6.13. The third kappa shape index (κ3) is 4.90. The molecule has 3 heterocycles. The molecule has 0 atom stereocenters. The number of ether oxygens (including phenoxy) is 1. The summed E-state index contributed by atoms with van der Waals surface area (Å²) in [6.45, 7) is 4.33. The summed E-state index contributed by atoms with van der Waals surface area (Å²) in [5.41, 5.74) is 2.48. The summed E-state index contributed by atoms with van der Waals surface area (Å²) in [5, 5.41) is 9.72. The van der Waals surface area contributed by atoms with Crippen LogP contribution in [-0.2, 0) is 22.5 Å². The lowest BCUT2D eigenvalue weighted by Crippen LogP contribution is -2.10. The molecular weight excluding hydrogens is 396 g/mol. The largest absolute Gasteiger partial charge is 0.469 e. The number of nitrogens with zero attached hydrogens (tertiary/aromatic N) is 3. The summed E-state index contributed by atoms with van der Waals surface area (Å²) < 4.78 is 6.66. The Morgan fingerprint density at radius 3 is 2.89 bits per heavy atom. The molecule has 0 radical (unpaired) electrons. The van der Waals surface area contributed by atoms with Crippen LogP contribution >= 0.6 is 23.1 Å². The number of hydrogen-bond acceptors (Lipinski definition) is 7. The van der Waals surface area contributed by atoms with Gasteiger partial charge in [-0.3, -0.25) is 14.7 Å². The smallest absolute Gasteiger partial charge is 0.307 e. The number of aryl methyl sites for hydroxylation is 1. The number of rotatable bonds is 9. The normalized spacial score (nSPS) is 11.0. The number of Topliss-reactive ketones (excluding diaryl/α,β-unsaturated/α-hetero) is 1. The highest BCUT2D eigenvalue weighted by atomic mass is 32.2. The fourth-order valence-corrected chi connectivity index (χ4v) is 4.35. The molecule has 0 bridgehead atoms. The molecule has 0 spiro atoms. The average Bonchev–Trinajstić information content (AvgIpc) is 3.41. The Morgan fingerprint density at radius 1 is 1.36 bits per heavy atom. The van der Waals surface area contributed by atoms with Crippen LogP contribution in [0.5, 0.6) is 0 Å². The van der Waals surface area contributed by atoms with Crippen molar-refractivity contribution >= 4 is 34.9 Å². The number of esters is 1. The van der Waals surface area contributed by atoms with Crippen LogP contribution in [-0.4, -0.2) is 44.4 Å². The van der Waals surface area contributed by atoms with E-state index in [9.17, 15) is 9.59 Å². The highest BCUT2D eigenvalue weighted by Crippen LogP contribution is 2.21. The lowest BCUT2D eigenvalue weighted by molar-refractivity contribution is -0.140. The van der Waals surface area contributed by atoms with Gasteiger partial charge in [0.05, 0.1) is 19.3 Å². The predicted molar refractivity (Wildman–Crippen MR) is 109 cm³/mol. The van der Waals surface area contributed by atoms with Crippen molar-refractivity contribution in [2.24, 2.45) is 0 Å². The van der Waals surface area contributed by atoms with Crippen molar-refractivity contribution in [2.45, 2.75) is 38.4 Å². The molecule has 0 aliphatic heterocycles. The van der Waals surface area contributed by atoms with E-state index in [1.54, 1.807) is 11.3 Å². The van der Waals surface area contributed by atoms with E-state index >= 15 is 0 Å². The molecule has 0 unspecified atom stereocenters. The van der Waals surface area contributed by atoms with Crippen molar-refractivity contribution in [3.63, 3.8) is 0 Å². The van der Waals surface area contributed by atoms with Gasteiger partial charge in [-0.25, -0.2) is 4.98 Å². The zero-order valence-corrected chi connectivity index (χ0v) is 17.7. The van der Waals surface area contributed by atoms with E-state index in [4.69, 9.17) is 0 Å². The van der Waals surface area contributed by atoms with Gasteiger partial charge in [0.2, 0.25) is 5.16 Å². The first-order valence-corrected chi connectivity index (χ1v) is 10.7. The number of carbonyl (C=O) groups excluding carboxylic acids is 2. The first-order chi connectivity index (χ1) is 13.5. The van der Waals surface area contributed by atoms with Crippen LogP contribution in [0.1, 0.15) is 38.9 Å². The Labute approximate surface area is 171 Å². The van der Waals surface area contributed by atoms with Crippen molar-refractivity contribution in [3.05, 3.63) is 51.2 Å². The first kappa shape index (κ1) is 20.3. The fraction of sp³-hybridized carbons (Fsp3) is 0.368. The van der Waals surface area contributed by atoms with Gasteiger partial charge in [0, 0.05) is 34.8 Å². The van der Waals surface area contributed by atoms with Gasteiger partial charge < -0.3 is 9.30 Å². The van der Waals surface area contributed by atoms with Gasteiger partial charge in [-0.1, -0.05) is 17.8 Å². The predicted octanol–water partition coefficient (Wildman–Crippen LogP) is 3.41. The molecule has 0 amide bonds. The highest BCUT2D eigenvalue weighted by Gasteiger charge is 2.17. The number of aromatic amines is 1. The van der Waals surface area contributed by atoms with E-state index in [0.29, 0.717) is 23.7 Å². The second-order valence-electron chi connectivity index (χ2n) is 6.30. The van der Waals surface area contributed by atoms with Crippen LogP contribution < -0.4 is 0 Å². The van der Waals surface area contributed by atoms with E-state index in [1.165, 1.54) is 23.7 Å². The summed E-state index contributed by atoms with van der Waals surface area (Å²) in [6, 6.07) is 5.93. The molecule has 3 aromatic heterocycles. The average molecular weight is 419 g/mol. The van der Waals surface area contributed by atoms with Crippen molar-refractivity contribution in [3.8, 4) is 0 Å². The number of carbonyl (C=O) groups is 2. The maximum Gasteiger partial charge on any atom is 0.307 e. The Hall–Kier alpha value is -2.39. The molecule has 28 heavy (non-hydrogen) atoms. The van der Waals surface area contributed by atoms with E-state index in [2.05, 4.69) is 26.0 Å². The number of ketones is 1. The minimum Gasteiger partial charge on any atom is -0.469 e. The van der Waals surface area contributed by atoms with Crippen LogP contribution in [0.25, 0.3) is 0 Å². The van der Waals surface area contributed by atoms with Crippen molar-refractivity contribution < 1.29 is 14.3 Å². The zero-order valence-electron chi connectivity index (χ0n) is 16.0.